The summed E-state index contributed by atoms with van der Waals surface area (Å²) in [4.78, 5) is 20.0. The number of H-pyrrole nitrogens is 1. The number of fused-ring (bicyclic) bond motifs is 1. The molecule has 0 unspecified atom stereocenters. The lowest BCUT2D eigenvalue weighted by atomic mass is 9.97. The molecule has 0 radical (unpaired) electrons. The summed E-state index contributed by atoms with van der Waals surface area (Å²) in [6.07, 6.45) is 2.93. The van der Waals surface area contributed by atoms with Crippen molar-refractivity contribution >= 4 is 23.1 Å². The van der Waals surface area contributed by atoms with Crippen LogP contribution in [-0.4, -0.2) is 21.6 Å². The standard InChI is InChI=1S/C17H19N3O3S/c1-17(2,3)8-20-15(21)10-5-11(14-7-18-9-23-14)13(22-4)6-12(10)19-16(20)24/h5-7,9H,8H2,1-4H3,(H,19,24). The molecule has 0 aliphatic rings. The maximum Gasteiger partial charge on any atom is 0.262 e. The number of methoxy groups -OCH3 is 1. The van der Waals surface area contributed by atoms with Crippen molar-refractivity contribution in [1.82, 2.24) is 14.5 Å². The summed E-state index contributed by atoms with van der Waals surface area (Å²) in [5.41, 5.74) is 1.11. The fraction of sp³-hybridized carbons (Fsp3) is 0.353. The van der Waals surface area contributed by atoms with Crippen LogP contribution in [0.5, 0.6) is 5.75 Å². The molecule has 0 spiro atoms. The van der Waals surface area contributed by atoms with Gasteiger partial charge in [0.1, 0.15) is 5.75 Å². The number of hydrogen-bond acceptors (Lipinski definition) is 5. The van der Waals surface area contributed by atoms with Crippen molar-refractivity contribution in [2.75, 3.05) is 7.11 Å². The van der Waals surface area contributed by atoms with Crippen LogP contribution in [0.2, 0.25) is 0 Å². The van der Waals surface area contributed by atoms with Crippen molar-refractivity contribution in [3.05, 3.63) is 39.8 Å². The first kappa shape index (κ1) is 16.4. The predicted molar refractivity (Wildman–Crippen MR) is 94.9 cm³/mol. The highest BCUT2D eigenvalue weighted by Crippen LogP contribution is 2.32. The third-order valence-corrected chi connectivity index (χ3v) is 3.95. The summed E-state index contributed by atoms with van der Waals surface area (Å²) < 4.78 is 12.8. The van der Waals surface area contributed by atoms with Gasteiger partial charge < -0.3 is 14.1 Å². The highest BCUT2D eigenvalue weighted by atomic mass is 32.1. The van der Waals surface area contributed by atoms with E-state index in [1.54, 1.807) is 30.0 Å². The molecule has 0 aliphatic heterocycles. The van der Waals surface area contributed by atoms with Gasteiger partial charge in [0.25, 0.3) is 5.56 Å². The SMILES string of the molecule is COc1cc2[nH]c(=S)n(CC(C)(C)C)c(=O)c2cc1-c1cnco1. The van der Waals surface area contributed by atoms with Crippen LogP contribution in [0.3, 0.4) is 0 Å². The molecule has 0 saturated carbocycles. The van der Waals surface area contributed by atoms with Gasteiger partial charge in [-0.25, -0.2) is 4.98 Å². The highest BCUT2D eigenvalue weighted by molar-refractivity contribution is 7.71. The minimum absolute atomic E-state index is 0.0703. The second-order valence-corrected chi connectivity index (χ2v) is 7.23. The lowest BCUT2D eigenvalue weighted by Gasteiger charge is -2.20. The molecule has 2 heterocycles. The minimum atomic E-state index is -0.132. The molecule has 0 bridgehead atoms. The molecule has 6 nitrogen and oxygen atoms in total. The Morgan fingerprint density at radius 1 is 1.38 bits per heavy atom. The average Bonchev–Trinajstić information content (AvgIpc) is 3.03. The van der Waals surface area contributed by atoms with Crippen molar-refractivity contribution in [2.24, 2.45) is 5.41 Å². The zero-order valence-electron chi connectivity index (χ0n) is 14.0. The summed E-state index contributed by atoms with van der Waals surface area (Å²) in [5, 5.41) is 0.528. The second-order valence-electron chi connectivity index (χ2n) is 6.85. The van der Waals surface area contributed by atoms with Crippen LogP contribution >= 0.6 is 12.2 Å². The van der Waals surface area contributed by atoms with Gasteiger partial charge in [0.05, 0.1) is 29.8 Å². The van der Waals surface area contributed by atoms with E-state index in [-0.39, 0.29) is 11.0 Å². The van der Waals surface area contributed by atoms with Crippen molar-refractivity contribution in [3.8, 4) is 17.1 Å². The minimum Gasteiger partial charge on any atom is -0.496 e. The fourth-order valence-corrected chi connectivity index (χ4v) is 2.87. The lowest BCUT2D eigenvalue weighted by molar-refractivity contribution is 0.335. The lowest BCUT2D eigenvalue weighted by Crippen LogP contribution is -2.28. The first-order valence-electron chi connectivity index (χ1n) is 7.54. The Bertz CT molecular complexity index is 995. The van der Waals surface area contributed by atoms with Crippen LogP contribution in [0, 0.1) is 10.2 Å². The van der Waals surface area contributed by atoms with Gasteiger partial charge in [-0.15, -0.1) is 0 Å². The van der Waals surface area contributed by atoms with Crippen molar-refractivity contribution in [3.63, 3.8) is 0 Å². The second kappa shape index (κ2) is 5.90. The third-order valence-electron chi connectivity index (χ3n) is 3.63. The predicted octanol–water partition coefficient (Wildman–Crippen LogP) is 3.77. The van der Waals surface area contributed by atoms with Gasteiger partial charge in [-0.2, -0.15) is 0 Å². The molecular formula is C17H19N3O3S. The summed E-state index contributed by atoms with van der Waals surface area (Å²) in [7, 11) is 1.57. The van der Waals surface area contributed by atoms with Crippen LogP contribution in [-0.2, 0) is 6.54 Å². The number of nitrogens with zero attached hydrogens (tertiary/aromatic N) is 2. The maximum atomic E-state index is 12.9. The van der Waals surface area contributed by atoms with E-state index in [0.717, 1.165) is 0 Å². The van der Waals surface area contributed by atoms with E-state index in [1.807, 2.05) is 0 Å². The largest absolute Gasteiger partial charge is 0.496 e. The number of rotatable bonds is 3. The van der Waals surface area contributed by atoms with Gasteiger partial charge in [-0.3, -0.25) is 9.36 Å². The Morgan fingerprint density at radius 3 is 2.71 bits per heavy atom. The number of nitrogens with one attached hydrogen (secondary N) is 1. The van der Waals surface area contributed by atoms with E-state index >= 15 is 0 Å². The monoisotopic (exact) mass is 345 g/mol. The summed E-state index contributed by atoms with van der Waals surface area (Å²) >= 11 is 5.37. The van der Waals surface area contributed by atoms with E-state index in [9.17, 15) is 4.79 Å². The number of aromatic nitrogens is 3. The van der Waals surface area contributed by atoms with Crippen LogP contribution in [0.4, 0.5) is 0 Å². The Morgan fingerprint density at radius 2 is 2.12 bits per heavy atom. The van der Waals surface area contributed by atoms with Crippen molar-refractivity contribution in [2.45, 2.75) is 27.3 Å². The Labute approximate surface area is 144 Å². The molecule has 0 saturated heterocycles. The van der Waals surface area contributed by atoms with Gasteiger partial charge in [0.15, 0.2) is 16.9 Å². The smallest absolute Gasteiger partial charge is 0.262 e. The highest BCUT2D eigenvalue weighted by Gasteiger charge is 2.17. The van der Waals surface area contributed by atoms with Gasteiger partial charge in [-0.1, -0.05) is 20.8 Å². The molecule has 7 heteroatoms. The number of ether oxygens (including phenoxy) is 1. The molecular weight excluding hydrogens is 326 g/mol. The zero-order chi connectivity index (χ0) is 17.5. The van der Waals surface area contributed by atoms with Crippen molar-refractivity contribution < 1.29 is 9.15 Å². The van der Waals surface area contributed by atoms with Crippen LogP contribution < -0.4 is 10.3 Å². The van der Waals surface area contributed by atoms with Crippen LogP contribution in [0.25, 0.3) is 22.2 Å². The van der Waals surface area contributed by atoms with Crippen molar-refractivity contribution in [1.29, 1.82) is 0 Å². The van der Waals surface area contributed by atoms with Gasteiger partial charge >= 0.3 is 0 Å². The number of oxazole rings is 1. The molecule has 3 rings (SSSR count). The molecule has 24 heavy (non-hydrogen) atoms. The third kappa shape index (κ3) is 2.99. The molecule has 0 aliphatic carbocycles. The van der Waals surface area contributed by atoms with Gasteiger partial charge in [-0.05, 0) is 23.7 Å². The quantitative estimate of drug-likeness (QED) is 0.732. The van der Waals surface area contributed by atoms with E-state index < -0.39 is 0 Å². The summed E-state index contributed by atoms with van der Waals surface area (Å²) in [5.74, 6) is 1.12. The molecule has 126 valence electrons. The molecule has 0 fully saturated rings. The number of aromatic amines is 1. The van der Waals surface area contributed by atoms with E-state index in [1.165, 1.54) is 6.39 Å². The van der Waals surface area contributed by atoms with E-state index in [0.29, 0.717) is 39.3 Å². The Hall–Kier alpha value is -2.41. The summed E-state index contributed by atoms with van der Waals surface area (Å²) in [6, 6.07) is 3.51. The zero-order valence-corrected chi connectivity index (χ0v) is 14.9. The van der Waals surface area contributed by atoms with Crippen LogP contribution in [0.15, 0.2) is 33.9 Å². The maximum absolute atomic E-state index is 12.9. The van der Waals surface area contributed by atoms with E-state index in [2.05, 4.69) is 30.7 Å². The number of benzene rings is 1. The summed E-state index contributed by atoms with van der Waals surface area (Å²) in [6.45, 7) is 6.71. The average molecular weight is 345 g/mol. The Balaban J connectivity index is 2.31. The van der Waals surface area contributed by atoms with E-state index in [4.69, 9.17) is 21.4 Å². The first-order valence-corrected chi connectivity index (χ1v) is 7.95. The van der Waals surface area contributed by atoms with Crippen LogP contribution in [0.1, 0.15) is 20.8 Å². The molecule has 0 amide bonds. The molecule has 0 atom stereocenters. The van der Waals surface area contributed by atoms with Gasteiger partial charge in [0, 0.05) is 12.6 Å². The number of hydrogen-bond donors (Lipinski definition) is 1. The normalized spacial score (nSPS) is 11.8. The molecule has 1 N–H and O–H groups in total. The fourth-order valence-electron chi connectivity index (χ4n) is 2.61. The topological polar surface area (TPSA) is 73.0 Å². The first-order chi connectivity index (χ1) is 11.3. The molecule has 1 aromatic carbocycles. The molecule has 2 aromatic heterocycles. The Kier molecular flexibility index (Phi) is 4.04. The molecule has 3 aromatic rings. The van der Waals surface area contributed by atoms with Gasteiger partial charge in [0.2, 0.25) is 0 Å².